The van der Waals surface area contributed by atoms with Crippen molar-refractivity contribution in [3.8, 4) is 0 Å². The monoisotopic (exact) mass is 276 g/mol. The number of anilines is 1. The third kappa shape index (κ3) is 6.08. The zero-order chi connectivity index (χ0) is 14.3. The molecule has 0 saturated heterocycles. The molecule has 106 valence electrons. The molecule has 1 aromatic heterocycles. The SMILES string of the molecule is CCOC(=O)c1ccc(NCCCC(F)(F)F)nc1. The van der Waals surface area contributed by atoms with Crippen LogP contribution in [-0.4, -0.2) is 30.3 Å². The number of hydrogen-bond donors (Lipinski definition) is 1. The van der Waals surface area contributed by atoms with E-state index in [2.05, 4.69) is 10.3 Å². The molecule has 0 saturated carbocycles. The number of alkyl halides is 3. The van der Waals surface area contributed by atoms with Gasteiger partial charge >= 0.3 is 12.1 Å². The molecule has 0 aliphatic rings. The fourth-order valence-electron chi connectivity index (χ4n) is 1.34. The summed E-state index contributed by atoms with van der Waals surface area (Å²) >= 11 is 0. The smallest absolute Gasteiger partial charge is 0.389 e. The van der Waals surface area contributed by atoms with E-state index in [-0.39, 0.29) is 19.6 Å². The van der Waals surface area contributed by atoms with Crippen LogP contribution in [0, 0.1) is 0 Å². The van der Waals surface area contributed by atoms with Crippen molar-refractivity contribution in [3.63, 3.8) is 0 Å². The first kappa shape index (κ1) is 15.3. The molecule has 1 aromatic rings. The molecular weight excluding hydrogens is 261 g/mol. The maximum atomic E-state index is 11.9. The average Bonchev–Trinajstić information content (AvgIpc) is 2.34. The Balaban J connectivity index is 2.38. The third-order valence-electron chi connectivity index (χ3n) is 2.22. The number of nitrogens with one attached hydrogen (secondary N) is 1. The number of rotatable bonds is 6. The lowest BCUT2D eigenvalue weighted by atomic mass is 10.3. The third-order valence-corrected chi connectivity index (χ3v) is 2.22. The maximum Gasteiger partial charge on any atom is 0.389 e. The molecule has 0 amide bonds. The van der Waals surface area contributed by atoms with Crippen molar-refractivity contribution in [3.05, 3.63) is 23.9 Å². The van der Waals surface area contributed by atoms with Gasteiger partial charge in [0.1, 0.15) is 5.82 Å². The molecule has 0 atom stereocenters. The summed E-state index contributed by atoms with van der Waals surface area (Å²) in [6.45, 7) is 2.14. The van der Waals surface area contributed by atoms with Crippen molar-refractivity contribution < 1.29 is 22.7 Å². The largest absolute Gasteiger partial charge is 0.462 e. The van der Waals surface area contributed by atoms with Gasteiger partial charge in [-0.3, -0.25) is 0 Å². The van der Waals surface area contributed by atoms with E-state index in [0.717, 1.165) is 0 Å². The predicted octanol–water partition coefficient (Wildman–Crippen LogP) is 3.01. The van der Waals surface area contributed by atoms with Crippen LogP contribution in [0.1, 0.15) is 30.1 Å². The molecule has 0 aromatic carbocycles. The molecule has 0 aliphatic carbocycles. The number of halogens is 3. The van der Waals surface area contributed by atoms with Crippen LogP contribution in [0.15, 0.2) is 18.3 Å². The lowest BCUT2D eigenvalue weighted by Crippen LogP contribution is -2.11. The first-order valence-corrected chi connectivity index (χ1v) is 5.86. The van der Waals surface area contributed by atoms with Gasteiger partial charge in [-0.25, -0.2) is 9.78 Å². The Morgan fingerprint density at radius 2 is 2.16 bits per heavy atom. The number of aromatic nitrogens is 1. The van der Waals surface area contributed by atoms with Crippen LogP contribution in [0.3, 0.4) is 0 Å². The normalized spacial score (nSPS) is 11.2. The lowest BCUT2D eigenvalue weighted by Gasteiger charge is -2.08. The van der Waals surface area contributed by atoms with E-state index in [1.165, 1.54) is 18.3 Å². The molecular formula is C12H15F3N2O2. The summed E-state index contributed by atoms with van der Waals surface area (Å²) in [5, 5.41) is 2.75. The quantitative estimate of drug-likeness (QED) is 0.641. The summed E-state index contributed by atoms with van der Waals surface area (Å²) in [4.78, 5) is 15.2. The van der Waals surface area contributed by atoms with Gasteiger partial charge in [-0.05, 0) is 25.5 Å². The van der Waals surface area contributed by atoms with Crippen LogP contribution in [-0.2, 0) is 4.74 Å². The average molecular weight is 276 g/mol. The number of hydrogen-bond acceptors (Lipinski definition) is 4. The van der Waals surface area contributed by atoms with Crippen molar-refractivity contribution in [2.24, 2.45) is 0 Å². The molecule has 1 heterocycles. The second kappa shape index (κ2) is 6.96. The number of carbonyl (C=O) groups is 1. The van der Waals surface area contributed by atoms with Gasteiger partial charge in [-0.2, -0.15) is 13.2 Å². The highest BCUT2D eigenvalue weighted by molar-refractivity contribution is 5.89. The van der Waals surface area contributed by atoms with Crippen molar-refractivity contribution in [1.82, 2.24) is 4.98 Å². The second-order valence-corrected chi connectivity index (χ2v) is 3.80. The van der Waals surface area contributed by atoms with Gasteiger partial charge in [0, 0.05) is 19.2 Å². The molecule has 0 bridgehead atoms. The highest BCUT2D eigenvalue weighted by Gasteiger charge is 2.25. The first-order chi connectivity index (χ1) is 8.92. The highest BCUT2D eigenvalue weighted by atomic mass is 19.4. The Morgan fingerprint density at radius 3 is 2.68 bits per heavy atom. The minimum atomic E-state index is -4.14. The van der Waals surface area contributed by atoms with Gasteiger partial charge in [-0.15, -0.1) is 0 Å². The van der Waals surface area contributed by atoms with E-state index in [1.54, 1.807) is 6.92 Å². The summed E-state index contributed by atoms with van der Waals surface area (Å²) in [7, 11) is 0. The van der Waals surface area contributed by atoms with Crippen molar-refractivity contribution in [1.29, 1.82) is 0 Å². The molecule has 0 unspecified atom stereocenters. The Kier molecular flexibility index (Phi) is 5.59. The summed E-state index contributed by atoms with van der Waals surface area (Å²) in [6, 6.07) is 3.04. The van der Waals surface area contributed by atoms with E-state index in [1.807, 2.05) is 0 Å². The number of nitrogens with zero attached hydrogens (tertiary/aromatic N) is 1. The summed E-state index contributed by atoms with van der Waals surface area (Å²) in [5.41, 5.74) is 0.308. The van der Waals surface area contributed by atoms with Crippen LogP contribution in [0.25, 0.3) is 0 Å². The summed E-state index contributed by atoms with van der Waals surface area (Å²) in [5.74, 6) is -0.0474. The molecule has 0 spiro atoms. The number of carbonyl (C=O) groups excluding carboxylic acids is 1. The Bertz CT molecular complexity index is 404. The Morgan fingerprint density at radius 1 is 1.42 bits per heavy atom. The number of ether oxygens (including phenoxy) is 1. The molecule has 1 rings (SSSR count). The number of esters is 1. The predicted molar refractivity (Wildman–Crippen MR) is 64.0 cm³/mol. The fourth-order valence-corrected chi connectivity index (χ4v) is 1.34. The number of pyridine rings is 1. The molecule has 4 nitrogen and oxygen atoms in total. The zero-order valence-corrected chi connectivity index (χ0v) is 10.5. The van der Waals surface area contributed by atoms with Gasteiger partial charge in [0.25, 0.3) is 0 Å². The molecule has 0 radical (unpaired) electrons. The van der Waals surface area contributed by atoms with Gasteiger partial charge in [-0.1, -0.05) is 0 Å². The van der Waals surface area contributed by atoms with Crippen LogP contribution in [0.5, 0.6) is 0 Å². The van der Waals surface area contributed by atoms with Gasteiger partial charge < -0.3 is 10.1 Å². The Hall–Kier alpha value is -1.79. The molecule has 19 heavy (non-hydrogen) atoms. The standard InChI is InChI=1S/C12H15F3N2O2/c1-2-19-11(18)9-4-5-10(17-8-9)16-7-3-6-12(13,14)15/h4-5,8H,2-3,6-7H2,1H3,(H,16,17). The highest BCUT2D eigenvalue weighted by Crippen LogP contribution is 2.21. The van der Waals surface area contributed by atoms with Crippen LogP contribution < -0.4 is 5.32 Å². The lowest BCUT2D eigenvalue weighted by molar-refractivity contribution is -0.134. The van der Waals surface area contributed by atoms with E-state index in [4.69, 9.17) is 4.74 Å². The fraction of sp³-hybridized carbons (Fsp3) is 0.500. The minimum Gasteiger partial charge on any atom is -0.462 e. The van der Waals surface area contributed by atoms with Crippen molar-refractivity contribution >= 4 is 11.8 Å². The molecule has 0 aliphatic heterocycles. The van der Waals surface area contributed by atoms with Gasteiger partial charge in [0.05, 0.1) is 12.2 Å². The summed E-state index contributed by atoms with van der Waals surface area (Å²) in [6.07, 6.45) is -3.67. The van der Waals surface area contributed by atoms with E-state index in [0.29, 0.717) is 11.4 Å². The van der Waals surface area contributed by atoms with Gasteiger partial charge in [0.15, 0.2) is 0 Å². The van der Waals surface area contributed by atoms with Crippen LogP contribution >= 0.6 is 0 Å². The molecule has 0 fully saturated rings. The molecule has 7 heteroatoms. The Labute approximate surface area is 109 Å². The van der Waals surface area contributed by atoms with E-state index in [9.17, 15) is 18.0 Å². The summed E-state index contributed by atoms with van der Waals surface area (Å²) < 4.78 is 40.5. The van der Waals surface area contributed by atoms with Gasteiger partial charge in [0.2, 0.25) is 0 Å². The first-order valence-electron chi connectivity index (χ1n) is 5.86. The van der Waals surface area contributed by atoms with E-state index < -0.39 is 18.6 Å². The maximum absolute atomic E-state index is 11.9. The minimum absolute atomic E-state index is 0.0230. The second-order valence-electron chi connectivity index (χ2n) is 3.80. The van der Waals surface area contributed by atoms with Crippen molar-refractivity contribution in [2.45, 2.75) is 25.9 Å². The zero-order valence-electron chi connectivity index (χ0n) is 10.5. The topological polar surface area (TPSA) is 51.2 Å². The van der Waals surface area contributed by atoms with Crippen molar-refractivity contribution in [2.75, 3.05) is 18.5 Å². The molecule has 1 N–H and O–H groups in total. The van der Waals surface area contributed by atoms with Crippen LogP contribution in [0.2, 0.25) is 0 Å². The van der Waals surface area contributed by atoms with E-state index >= 15 is 0 Å². The van der Waals surface area contributed by atoms with Crippen LogP contribution in [0.4, 0.5) is 19.0 Å².